The average molecular weight is 299 g/mol. The summed E-state index contributed by atoms with van der Waals surface area (Å²) in [7, 11) is 1.60. The van der Waals surface area contributed by atoms with Crippen LogP contribution >= 0.6 is 15.9 Å². The Hall–Kier alpha value is -1.03. The molecule has 1 aliphatic carbocycles. The lowest BCUT2D eigenvalue weighted by atomic mass is 9.64. The van der Waals surface area contributed by atoms with Crippen molar-refractivity contribution in [3.8, 4) is 5.75 Å². The van der Waals surface area contributed by atoms with Gasteiger partial charge in [-0.2, -0.15) is 0 Å². The van der Waals surface area contributed by atoms with Gasteiger partial charge in [0.1, 0.15) is 5.75 Å². The predicted octanol–water partition coefficient (Wildman–Crippen LogP) is 3.27. The van der Waals surface area contributed by atoms with Crippen molar-refractivity contribution in [3.63, 3.8) is 0 Å². The van der Waals surface area contributed by atoms with Crippen LogP contribution in [0.25, 0.3) is 0 Å². The van der Waals surface area contributed by atoms with Gasteiger partial charge in [0.25, 0.3) is 0 Å². The standard InChI is InChI=1S/C13H15BrO3/c1-8-10(14)6-9(7-11(8)17-2)13(12(15)16)4-3-5-13/h6-7H,3-5H2,1-2H3,(H,15,16). The summed E-state index contributed by atoms with van der Waals surface area (Å²) in [5.41, 5.74) is 1.13. The highest BCUT2D eigenvalue weighted by atomic mass is 79.9. The molecule has 0 unspecified atom stereocenters. The smallest absolute Gasteiger partial charge is 0.314 e. The maximum Gasteiger partial charge on any atom is 0.314 e. The van der Waals surface area contributed by atoms with Gasteiger partial charge in [0.2, 0.25) is 0 Å². The molecule has 17 heavy (non-hydrogen) atoms. The fourth-order valence-corrected chi connectivity index (χ4v) is 2.74. The molecule has 1 fully saturated rings. The first-order chi connectivity index (χ1) is 8.01. The summed E-state index contributed by atoms with van der Waals surface area (Å²) in [5.74, 6) is 0.00320. The van der Waals surface area contributed by atoms with Gasteiger partial charge in [-0.15, -0.1) is 0 Å². The van der Waals surface area contributed by atoms with Crippen LogP contribution < -0.4 is 4.74 Å². The summed E-state index contributed by atoms with van der Waals surface area (Å²) in [5, 5.41) is 9.40. The third-order valence-corrected chi connectivity index (χ3v) is 4.51. The lowest BCUT2D eigenvalue weighted by molar-refractivity contribution is -0.147. The van der Waals surface area contributed by atoms with Crippen LogP contribution in [-0.4, -0.2) is 18.2 Å². The van der Waals surface area contributed by atoms with Gasteiger partial charge in [0.05, 0.1) is 12.5 Å². The molecule has 1 aromatic carbocycles. The summed E-state index contributed by atoms with van der Waals surface area (Å²) < 4.78 is 6.19. The van der Waals surface area contributed by atoms with E-state index in [1.165, 1.54) is 0 Å². The number of benzene rings is 1. The van der Waals surface area contributed by atoms with Crippen molar-refractivity contribution in [2.24, 2.45) is 0 Å². The second kappa shape index (κ2) is 4.33. The Balaban J connectivity index is 2.52. The van der Waals surface area contributed by atoms with Gasteiger partial charge in [-0.05, 0) is 37.5 Å². The van der Waals surface area contributed by atoms with Crippen molar-refractivity contribution < 1.29 is 14.6 Å². The van der Waals surface area contributed by atoms with E-state index in [0.29, 0.717) is 12.8 Å². The number of hydrogen-bond acceptors (Lipinski definition) is 2. The van der Waals surface area contributed by atoms with Crippen molar-refractivity contribution in [1.82, 2.24) is 0 Å². The Morgan fingerprint density at radius 1 is 1.47 bits per heavy atom. The molecule has 0 amide bonds. The molecule has 92 valence electrons. The molecule has 0 spiro atoms. The Labute approximate surface area is 109 Å². The molecule has 1 aliphatic rings. The van der Waals surface area contributed by atoms with E-state index in [0.717, 1.165) is 27.8 Å². The van der Waals surface area contributed by atoms with Crippen LogP contribution in [0.2, 0.25) is 0 Å². The first-order valence-electron chi connectivity index (χ1n) is 5.59. The summed E-state index contributed by atoms with van der Waals surface area (Å²) in [6.07, 6.45) is 2.39. The molecule has 0 aromatic heterocycles. The van der Waals surface area contributed by atoms with Crippen LogP contribution in [0.4, 0.5) is 0 Å². The number of hydrogen-bond donors (Lipinski definition) is 1. The van der Waals surface area contributed by atoms with Crippen LogP contribution in [-0.2, 0) is 10.2 Å². The number of carboxylic acid groups (broad SMARTS) is 1. The predicted molar refractivity (Wildman–Crippen MR) is 68.6 cm³/mol. The molecule has 0 aliphatic heterocycles. The molecule has 1 N–H and O–H groups in total. The van der Waals surface area contributed by atoms with Crippen LogP contribution in [0.1, 0.15) is 30.4 Å². The van der Waals surface area contributed by atoms with Crippen LogP contribution in [0, 0.1) is 6.92 Å². The highest BCUT2D eigenvalue weighted by Gasteiger charge is 2.46. The van der Waals surface area contributed by atoms with Crippen LogP contribution in [0.5, 0.6) is 5.75 Å². The van der Waals surface area contributed by atoms with E-state index < -0.39 is 11.4 Å². The van der Waals surface area contributed by atoms with Gasteiger partial charge < -0.3 is 9.84 Å². The van der Waals surface area contributed by atoms with E-state index in [2.05, 4.69) is 15.9 Å². The summed E-state index contributed by atoms with van der Waals surface area (Å²) in [4.78, 5) is 11.4. The van der Waals surface area contributed by atoms with Gasteiger partial charge in [0, 0.05) is 10.0 Å². The van der Waals surface area contributed by atoms with Gasteiger partial charge in [0.15, 0.2) is 0 Å². The number of methoxy groups -OCH3 is 1. The number of carboxylic acids is 1. The minimum atomic E-state index is -0.735. The topological polar surface area (TPSA) is 46.5 Å². The average Bonchev–Trinajstić information content (AvgIpc) is 2.20. The second-order valence-electron chi connectivity index (χ2n) is 4.53. The summed E-state index contributed by atoms with van der Waals surface area (Å²) in [6, 6.07) is 3.76. The molecular weight excluding hydrogens is 284 g/mol. The number of carbonyl (C=O) groups is 1. The monoisotopic (exact) mass is 298 g/mol. The number of ether oxygens (including phenoxy) is 1. The van der Waals surface area contributed by atoms with Gasteiger partial charge in [-0.3, -0.25) is 4.79 Å². The first-order valence-corrected chi connectivity index (χ1v) is 6.38. The summed E-state index contributed by atoms with van der Waals surface area (Å²) >= 11 is 3.46. The molecule has 1 saturated carbocycles. The van der Waals surface area contributed by atoms with Crippen molar-refractivity contribution in [3.05, 3.63) is 27.7 Å². The molecule has 0 bridgehead atoms. The zero-order chi connectivity index (χ0) is 12.6. The molecular formula is C13H15BrO3. The Bertz CT molecular complexity index is 464. The fourth-order valence-electron chi connectivity index (χ4n) is 2.30. The van der Waals surface area contributed by atoms with Crippen molar-refractivity contribution in [1.29, 1.82) is 0 Å². The number of rotatable bonds is 3. The van der Waals surface area contributed by atoms with E-state index in [9.17, 15) is 9.90 Å². The van der Waals surface area contributed by atoms with E-state index in [1.54, 1.807) is 7.11 Å². The van der Waals surface area contributed by atoms with E-state index in [-0.39, 0.29) is 0 Å². The Morgan fingerprint density at radius 2 is 2.12 bits per heavy atom. The van der Waals surface area contributed by atoms with Gasteiger partial charge >= 0.3 is 5.97 Å². The summed E-state index contributed by atoms with van der Waals surface area (Å²) in [6.45, 7) is 1.95. The van der Waals surface area contributed by atoms with E-state index in [1.807, 2.05) is 19.1 Å². The highest BCUT2D eigenvalue weighted by Crippen LogP contribution is 2.46. The molecule has 4 heteroatoms. The van der Waals surface area contributed by atoms with Crippen molar-refractivity contribution >= 4 is 21.9 Å². The molecule has 3 nitrogen and oxygen atoms in total. The SMILES string of the molecule is COc1cc(C2(C(=O)O)CCC2)cc(Br)c1C. The highest BCUT2D eigenvalue weighted by molar-refractivity contribution is 9.10. The number of halogens is 1. The maximum absolute atomic E-state index is 11.4. The van der Waals surface area contributed by atoms with Crippen molar-refractivity contribution in [2.45, 2.75) is 31.6 Å². The molecule has 0 saturated heterocycles. The van der Waals surface area contributed by atoms with Crippen LogP contribution in [0.15, 0.2) is 16.6 Å². The van der Waals surface area contributed by atoms with Crippen molar-refractivity contribution in [2.75, 3.05) is 7.11 Å². The quantitative estimate of drug-likeness (QED) is 0.931. The fraction of sp³-hybridized carbons (Fsp3) is 0.462. The van der Waals surface area contributed by atoms with Gasteiger partial charge in [-0.1, -0.05) is 22.4 Å². The zero-order valence-electron chi connectivity index (χ0n) is 9.92. The minimum Gasteiger partial charge on any atom is -0.496 e. The maximum atomic E-state index is 11.4. The van der Waals surface area contributed by atoms with Crippen LogP contribution in [0.3, 0.4) is 0 Å². The second-order valence-corrected chi connectivity index (χ2v) is 5.38. The van der Waals surface area contributed by atoms with E-state index >= 15 is 0 Å². The third kappa shape index (κ3) is 1.84. The molecule has 2 rings (SSSR count). The normalized spacial score (nSPS) is 17.4. The number of aliphatic carboxylic acids is 1. The lowest BCUT2D eigenvalue weighted by Crippen LogP contribution is -2.42. The molecule has 0 heterocycles. The van der Waals surface area contributed by atoms with Gasteiger partial charge in [-0.25, -0.2) is 0 Å². The Kier molecular flexibility index (Phi) is 3.17. The molecule has 0 radical (unpaired) electrons. The minimum absolute atomic E-state index is 0.705. The first kappa shape index (κ1) is 12.4. The molecule has 1 aromatic rings. The lowest BCUT2D eigenvalue weighted by Gasteiger charge is -2.38. The third-order valence-electron chi connectivity index (χ3n) is 3.69. The molecule has 0 atom stereocenters. The Morgan fingerprint density at radius 3 is 2.53 bits per heavy atom. The zero-order valence-corrected chi connectivity index (χ0v) is 11.5. The van der Waals surface area contributed by atoms with E-state index in [4.69, 9.17) is 4.74 Å². The largest absolute Gasteiger partial charge is 0.496 e.